The molecule has 0 aliphatic rings. The number of aryl methyl sites for hydroxylation is 1. The van der Waals surface area contributed by atoms with Crippen molar-refractivity contribution in [1.82, 2.24) is 15.0 Å². The molecule has 0 saturated carbocycles. The molecule has 1 aromatic heterocycles. The van der Waals surface area contributed by atoms with E-state index < -0.39 is 0 Å². The molecule has 0 fully saturated rings. The Morgan fingerprint density at radius 1 is 1.07 bits per heavy atom. The first-order chi connectivity index (χ1) is 6.75. The van der Waals surface area contributed by atoms with Gasteiger partial charge in [-0.2, -0.15) is 4.98 Å². The fraction of sp³-hybridized carbons (Fsp3) is 0.100. The minimum Gasteiger partial charge on any atom is -0.368 e. The van der Waals surface area contributed by atoms with Crippen LogP contribution in [-0.4, -0.2) is 15.0 Å². The van der Waals surface area contributed by atoms with Gasteiger partial charge < -0.3 is 5.73 Å². The number of rotatable bonds is 1. The second-order valence-electron chi connectivity index (χ2n) is 3.03. The Kier molecular flexibility index (Phi) is 2.10. The Balaban J connectivity index is 2.44. The van der Waals surface area contributed by atoms with Gasteiger partial charge in [-0.05, 0) is 6.92 Å². The van der Waals surface area contributed by atoms with Crippen LogP contribution in [0, 0.1) is 6.92 Å². The van der Waals surface area contributed by atoms with E-state index >= 15 is 0 Å². The minimum absolute atomic E-state index is 0.246. The van der Waals surface area contributed by atoms with Gasteiger partial charge in [0.25, 0.3) is 0 Å². The van der Waals surface area contributed by atoms with Crippen LogP contribution < -0.4 is 5.73 Å². The molecule has 2 N–H and O–H groups in total. The summed E-state index contributed by atoms with van der Waals surface area (Å²) in [4.78, 5) is 11.8. The van der Waals surface area contributed by atoms with Crippen LogP contribution in [0.5, 0.6) is 0 Å². The first-order valence-electron chi connectivity index (χ1n) is 4.27. The van der Waals surface area contributed by atoms with Crippen LogP contribution in [0.15, 0.2) is 30.6 Å². The minimum atomic E-state index is 0.246. The molecule has 0 amide bonds. The van der Waals surface area contributed by atoms with E-state index in [-0.39, 0.29) is 5.95 Å². The zero-order chi connectivity index (χ0) is 9.97. The van der Waals surface area contributed by atoms with Gasteiger partial charge in [0.15, 0.2) is 5.82 Å². The quantitative estimate of drug-likeness (QED) is 0.731. The maximum absolute atomic E-state index is 5.46. The van der Waals surface area contributed by atoms with Crippen molar-refractivity contribution in [2.24, 2.45) is 0 Å². The van der Waals surface area contributed by atoms with Gasteiger partial charge in [-0.1, -0.05) is 29.8 Å². The van der Waals surface area contributed by atoms with Gasteiger partial charge in [0, 0.05) is 5.56 Å². The van der Waals surface area contributed by atoms with E-state index in [0.717, 1.165) is 5.56 Å². The van der Waals surface area contributed by atoms with E-state index in [0.29, 0.717) is 5.82 Å². The third kappa shape index (κ3) is 1.69. The zero-order valence-electron chi connectivity index (χ0n) is 7.81. The molecule has 4 heteroatoms. The summed E-state index contributed by atoms with van der Waals surface area (Å²) < 4.78 is 0. The van der Waals surface area contributed by atoms with Crippen LogP contribution in [0.25, 0.3) is 11.4 Å². The van der Waals surface area contributed by atoms with E-state index in [1.807, 2.05) is 31.2 Å². The van der Waals surface area contributed by atoms with Crippen molar-refractivity contribution in [3.8, 4) is 11.4 Å². The number of aromatic nitrogens is 3. The summed E-state index contributed by atoms with van der Waals surface area (Å²) in [6.45, 7) is 2.03. The van der Waals surface area contributed by atoms with Gasteiger partial charge in [-0.25, -0.2) is 9.97 Å². The molecule has 0 spiro atoms. The highest BCUT2D eigenvalue weighted by atomic mass is 15.1. The highest BCUT2D eigenvalue weighted by molar-refractivity contribution is 5.55. The SMILES string of the molecule is Cc1ccc(-c2ncnc(N)n2)cc1. The fourth-order valence-corrected chi connectivity index (χ4v) is 1.15. The Bertz CT molecular complexity index is 436. The maximum Gasteiger partial charge on any atom is 0.223 e. The van der Waals surface area contributed by atoms with Crippen molar-refractivity contribution in [2.45, 2.75) is 6.92 Å². The monoisotopic (exact) mass is 186 g/mol. The second-order valence-corrected chi connectivity index (χ2v) is 3.03. The molecule has 0 unspecified atom stereocenters. The van der Waals surface area contributed by atoms with Gasteiger partial charge in [0.05, 0.1) is 0 Å². The molecule has 0 bridgehead atoms. The average Bonchev–Trinajstić information content (AvgIpc) is 2.19. The summed E-state index contributed by atoms with van der Waals surface area (Å²) >= 11 is 0. The van der Waals surface area contributed by atoms with Crippen LogP contribution in [-0.2, 0) is 0 Å². The Morgan fingerprint density at radius 2 is 1.79 bits per heavy atom. The van der Waals surface area contributed by atoms with Crippen LogP contribution in [0.1, 0.15) is 5.56 Å². The van der Waals surface area contributed by atoms with Crippen molar-refractivity contribution >= 4 is 5.95 Å². The molecule has 4 nitrogen and oxygen atoms in total. The number of nitrogen functional groups attached to an aromatic ring is 1. The molecule has 0 aliphatic carbocycles. The topological polar surface area (TPSA) is 64.7 Å². The van der Waals surface area contributed by atoms with Gasteiger partial charge >= 0.3 is 0 Å². The number of anilines is 1. The number of nitrogens with two attached hydrogens (primary N) is 1. The number of benzene rings is 1. The normalized spacial score (nSPS) is 10.1. The van der Waals surface area contributed by atoms with Crippen LogP contribution in [0.4, 0.5) is 5.95 Å². The van der Waals surface area contributed by atoms with Crippen molar-refractivity contribution in [3.63, 3.8) is 0 Å². The predicted molar refractivity (Wildman–Crippen MR) is 54.4 cm³/mol. The lowest BCUT2D eigenvalue weighted by Gasteiger charge is -1.99. The third-order valence-electron chi connectivity index (χ3n) is 1.90. The molecular formula is C10H10N4. The molecule has 14 heavy (non-hydrogen) atoms. The average molecular weight is 186 g/mol. The molecular weight excluding hydrogens is 176 g/mol. The summed E-state index contributed by atoms with van der Waals surface area (Å²) in [7, 11) is 0. The van der Waals surface area contributed by atoms with Gasteiger partial charge in [0.1, 0.15) is 6.33 Å². The van der Waals surface area contributed by atoms with Crippen LogP contribution >= 0.6 is 0 Å². The summed E-state index contributed by atoms with van der Waals surface area (Å²) in [5.41, 5.74) is 7.62. The standard InChI is InChI=1S/C10H10N4/c1-7-2-4-8(5-3-7)9-12-6-13-10(11)14-9/h2-6H,1H3,(H2,11,12,13,14). The summed E-state index contributed by atoms with van der Waals surface area (Å²) in [6, 6.07) is 7.94. The summed E-state index contributed by atoms with van der Waals surface area (Å²) in [5.74, 6) is 0.855. The van der Waals surface area contributed by atoms with E-state index in [1.165, 1.54) is 11.9 Å². The lowest BCUT2D eigenvalue weighted by molar-refractivity contribution is 1.07. The van der Waals surface area contributed by atoms with Crippen molar-refractivity contribution in [3.05, 3.63) is 36.2 Å². The second kappa shape index (κ2) is 3.41. The predicted octanol–water partition coefficient (Wildman–Crippen LogP) is 1.43. The Morgan fingerprint density at radius 3 is 2.43 bits per heavy atom. The highest BCUT2D eigenvalue weighted by Crippen LogP contribution is 2.14. The largest absolute Gasteiger partial charge is 0.368 e. The molecule has 0 atom stereocenters. The van der Waals surface area contributed by atoms with E-state index in [4.69, 9.17) is 5.73 Å². The van der Waals surface area contributed by atoms with Gasteiger partial charge in [-0.3, -0.25) is 0 Å². The van der Waals surface area contributed by atoms with Crippen molar-refractivity contribution in [2.75, 3.05) is 5.73 Å². The molecule has 0 saturated heterocycles. The van der Waals surface area contributed by atoms with Crippen molar-refractivity contribution in [1.29, 1.82) is 0 Å². The smallest absolute Gasteiger partial charge is 0.223 e. The summed E-state index contributed by atoms with van der Waals surface area (Å²) in [6.07, 6.45) is 1.41. The lowest BCUT2D eigenvalue weighted by atomic mass is 10.1. The van der Waals surface area contributed by atoms with Gasteiger partial charge in [-0.15, -0.1) is 0 Å². The fourth-order valence-electron chi connectivity index (χ4n) is 1.15. The van der Waals surface area contributed by atoms with E-state index in [2.05, 4.69) is 15.0 Å². The van der Waals surface area contributed by atoms with Gasteiger partial charge in [0.2, 0.25) is 5.95 Å². The Labute approximate surface area is 81.9 Å². The van der Waals surface area contributed by atoms with Crippen molar-refractivity contribution < 1.29 is 0 Å². The van der Waals surface area contributed by atoms with Crippen LogP contribution in [0.3, 0.4) is 0 Å². The van der Waals surface area contributed by atoms with E-state index in [1.54, 1.807) is 0 Å². The van der Waals surface area contributed by atoms with E-state index in [9.17, 15) is 0 Å². The molecule has 1 heterocycles. The first kappa shape index (κ1) is 8.62. The Hall–Kier alpha value is -1.97. The maximum atomic E-state index is 5.46. The number of hydrogen-bond acceptors (Lipinski definition) is 4. The van der Waals surface area contributed by atoms with Crippen LogP contribution in [0.2, 0.25) is 0 Å². The zero-order valence-corrected chi connectivity index (χ0v) is 7.81. The summed E-state index contributed by atoms with van der Waals surface area (Å²) in [5, 5.41) is 0. The lowest BCUT2D eigenvalue weighted by Crippen LogP contribution is -1.97. The molecule has 2 rings (SSSR count). The molecule has 70 valence electrons. The number of nitrogens with zero attached hydrogens (tertiary/aromatic N) is 3. The molecule has 2 aromatic rings. The number of hydrogen-bond donors (Lipinski definition) is 1. The first-order valence-corrected chi connectivity index (χ1v) is 4.27. The molecule has 0 aliphatic heterocycles. The molecule has 0 radical (unpaired) electrons. The molecule has 1 aromatic carbocycles. The third-order valence-corrected chi connectivity index (χ3v) is 1.90. The highest BCUT2D eigenvalue weighted by Gasteiger charge is 2.00.